The average Bonchev–Trinajstić information content (AvgIpc) is 3.13. The van der Waals surface area contributed by atoms with E-state index in [1.165, 1.54) is 16.7 Å². The van der Waals surface area contributed by atoms with Crippen LogP contribution in [0.2, 0.25) is 0 Å². The molecule has 0 saturated carbocycles. The molecule has 5 heteroatoms. The number of carbonyl (C=O) groups excluding carboxylic acids is 1. The van der Waals surface area contributed by atoms with E-state index in [4.69, 9.17) is 0 Å². The van der Waals surface area contributed by atoms with E-state index in [9.17, 15) is 4.79 Å². The number of amides is 1. The number of nitrogens with zero attached hydrogens (tertiary/aromatic N) is 3. The number of allylic oxidation sites excluding steroid dienone is 1. The molecule has 3 aromatic rings. The molecule has 0 bridgehead atoms. The predicted molar refractivity (Wildman–Crippen MR) is 130 cm³/mol. The van der Waals surface area contributed by atoms with E-state index in [0.29, 0.717) is 0 Å². The number of nitrogens with one attached hydrogen (secondary N) is 1. The Morgan fingerprint density at radius 3 is 2.56 bits per heavy atom. The number of aryl methyl sites for hydroxylation is 2. The average molecular weight is 429 g/mol. The van der Waals surface area contributed by atoms with Crippen LogP contribution < -0.4 is 5.32 Å². The molecule has 0 atom stereocenters. The van der Waals surface area contributed by atoms with Gasteiger partial charge in [-0.25, -0.2) is 0 Å². The molecule has 0 spiro atoms. The summed E-state index contributed by atoms with van der Waals surface area (Å²) >= 11 is 0. The highest BCUT2D eigenvalue weighted by molar-refractivity contribution is 5.92. The minimum atomic E-state index is 0.0623. The fraction of sp³-hybridized carbons (Fsp3) is 0.333. The molecule has 2 aromatic carbocycles. The Balaban J connectivity index is 1.28. The number of anilines is 1. The summed E-state index contributed by atoms with van der Waals surface area (Å²) < 4.78 is 1.93. The quantitative estimate of drug-likeness (QED) is 0.526. The SMILES string of the molecule is C=CCn1cc(CN2CCC(C(=O)Nc3ccc(-c4cccc(C)c4)cc3)CC2)c(C)n1. The molecule has 5 nitrogen and oxygen atoms in total. The van der Waals surface area contributed by atoms with Gasteiger partial charge in [-0.2, -0.15) is 5.10 Å². The minimum absolute atomic E-state index is 0.0623. The van der Waals surface area contributed by atoms with E-state index in [1.54, 1.807) is 0 Å². The van der Waals surface area contributed by atoms with Crippen LogP contribution in [0, 0.1) is 19.8 Å². The Bertz CT molecular complexity index is 1080. The Labute approximate surface area is 190 Å². The zero-order chi connectivity index (χ0) is 22.5. The molecule has 1 amide bonds. The largest absolute Gasteiger partial charge is 0.326 e. The molecule has 1 N–H and O–H groups in total. The Morgan fingerprint density at radius 1 is 1.12 bits per heavy atom. The molecular formula is C27H32N4O. The third kappa shape index (κ3) is 5.35. The van der Waals surface area contributed by atoms with Gasteiger partial charge in [0.1, 0.15) is 0 Å². The summed E-state index contributed by atoms with van der Waals surface area (Å²) in [5.74, 6) is 0.190. The van der Waals surface area contributed by atoms with Crippen molar-refractivity contribution in [3.05, 3.63) is 84.2 Å². The molecule has 0 aliphatic carbocycles. The zero-order valence-electron chi connectivity index (χ0n) is 19.1. The number of hydrogen-bond acceptors (Lipinski definition) is 3. The maximum absolute atomic E-state index is 12.8. The molecule has 0 unspecified atom stereocenters. The van der Waals surface area contributed by atoms with Gasteiger partial charge < -0.3 is 5.32 Å². The molecule has 1 saturated heterocycles. The van der Waals surface area contributed by atoms with Crippen molar-refractivity contribution in [3.8, 4) is 11.1 Å². The first-order valence-electron chi connectivity index (χ1n) is 11.4. The fourth-order valence-corrected chi connectivity index (χ4v) is 4.35. The predicted octanol–water partition coefficient (Wildman–Crippen LogP) is 5.20. The second-order valence-electron chi connectivity index (χ2n) is 8.74. The van der Waals surface area contributed by atoms with Gasteiger partial charge >= 0.3 is 0 Å². The van der Waals surface area contributed by atoms with Crippen LogP contribution in [-0.4, -0.2) is 33.7 Å². The van der Waals surface area contributed by atoms with Crippen molar-refractivity contribution in [1.82, 2.24) is 14.7 Å². The molecule has 2 heterocycles. The van der Waals surface area contributed by atoms with Crippen molar-refractivity contribution in [1.29, 1.82) is 0 Å². The summed E-state index contributed by atoms with van der Waals surface area (Å²) in [6, 6.07) is 16.6. The number of aromatic nitrogens is 2. The van der Waals surface area contributed by atoms with E-state index in [-0.39, 0.29) is 11.8 Å². The van der Waals surface area contributed by atoms with Crippen molar-refractivity contribution >= 4 is 11.6 Å². The maximum Gasteiger partial charge on any atom is 0.227 e. The molecule has 1 aliphatic rings. The smallest absolute Gasteiger partial charge is 0.227 e. The summed E-state index contributed by atoms with van der Waals surface area (Å²) in [4.78, 5) is 15.2. The van der Waals surface area contributed by atoms with Gasteiger partial charge in [0, 0.05) is 29.9 Å². The standard InChI is InChI=1S/C27H32N4O/c1-4-14-31-19-25(21(3)29-31)18-30-15-12-23(13-16-30)27(32)28-26-10-8-22(9-11-26)24-7-5-6-20(2)17-24/h4-11,17,19,23H,1,12-16,18H2,2-3H3,(H,28,32). The third-order valence-corrected chi connectivity index (χ3v) is 6.22. The maximum atomic E-state index is 12.8. The van der Waals surface area contributed by atoms with Crippen molar-refractivity contribution in [2.75, 3.05) is 18.4 Å². The van der Waals surface area contributed by atoms with Crippen LogP contribution in [0.3, 0.4) is 0 Å². The zero-order valence-corrected chi connectivity index (χ0v) is 19.1. The van der Waals surface area contributed by atoms with Gasteiger partial charge in [0.05, 0.1) is 12.2 Å². The molecule has 1 aromatic heterocycles. The van der Waals surface area contributed by atoms with Gasteiger partial charge in [-0.1, -0.05) is 48.0 Å². The van der Waals surface area contributed by atoms with Crippen LogP contribution in [0.15, 0.2) is 67.4 Å². The van der Waals surface area contributed by atoms with Crippen LogP contribution in [0.4, 0.5) is 5.69 Å². The third-order valence-electron chi connectivity index (χ3n) is 6.22. The number of benzene rings is 2. The van der Waals surface area contributed by atoms with Gasteiger partial charge in [-0.3, -0.25) is 14.4 Å². The van der Waals surface area contributed by atoms with E-state index in [2.05, 4.69) is 78.3 Å². The van der Waals surface area contributed by atoms with Gasteiger partial charge in [0.2, 0.25) is 5.91 Å². The Morgan fingerprint density at radius 2 is 1.88 bits per heavy atom. The van der Waals surface area contributed by atoms with Gasteiger partial charge in [0.15, 0.2) is 0 Å². The lowest BCUT2D eigenvalue weighted by Gasteiger charge is -2.31. The van der Waals surface area contributed by atoms with E-state index >= 15 is 0 Å². The van der Waals surface area contributed by atoms with Crippen LogP contribution in [-0.2, 0) is 17.9 Å². The topological polar surface area (TPSA) is 50.2 Å². The highest BCUT2D eigenvalue weighted by Crippen LogP contribution is 2.24. The molecule has 1 fully saturated rings. The molecule has 0 radical (unpaired) electrons. The van der Waals surface area contributed by atoms with Crippen molar-refractivity contribution < 1.29 is 4.79 Å². The second-order valence-corrected chi connectivity index (χ2v) is 8.74. The number of piperidine rings is 1. The molecular weight excluding hydrogens is 396 g/mol. The van der Waals surface area contributed by atoms with Gasteiger partial charge in [0.25, 0.3) is 0 Å². The number of carbonyl (C=O) groups is 1. The molecule has 4 rings (SSSR count). The lowest BCUT2D eigenvalue weighted by atomic mass is 9.95. The summed E-state index contributed by atoms with van der Waals surface area (Å²) in [7, 11) is 0. The first kappa shape index (κ1) is 22.0. The summed E-state index contributed by atoms with van der Waals surface area (Å²) in [5, 5.41) is 7.65. The van der Waals surface area contributed by atoms with Gasteiger partial charge in [-0.05, 0) is 63.0 Å². The van der Waals surface area contributed by atoms with Crippen LogP contribution >= 0.6 is 0 Å². The molecule has 32 heavy (non-hydrogen) atoms. The van der Waals surface area contributed by atoms with Crippen LogP contribution in [0.5, 0.6) is 0 Å². The van der Waals surface area contributed by atoms with Crippen molar-refractivity contribution in [3.63, 3.8) is 0 Å². The van der Waals surface area contributed by atoms with Crippen molar-refractivity contribution in [2.24, 2.45) is 5.92 Å². The molecule has 1 aliphatic heterocycles. The van der Waals surface area contributed by atoms with E-state index in [0.717, 1.165) is 56.0 Å². The lowest BCUT2D eigenvalue weighted by Crippen LogP contribution is -2.37. The van der Waals surface area contributed by atoms with E-state index in [1.807, 2.05) is 22.9 Å². The fourth-order valence-electron chi connectivity index (χ4n) is 4.35. The van der Waals surface area contributed by atoms with Crippen LogP contribution in [0.25, 0.3) is 11.1 Å². The first-order valence-corrected chi connectivity index (χ1v) is 11.4. The van der Waals surface area contributed by atoms with Crippen molar-refractivity contribution in [2.45, 2.75) is 39.8 Å². The normalized spacial score (nSPS) is 14.9. The van der Waals surface area contributed by atoms with Gasteiger partial charge in [-0.15, -0.1) is 6.58 Å². The number of likely N-dealkylation sites (tertiary alicyclic amines) is 1. The van der Waals surface area contributed by atoms with Crippen LogP contribution in [0.1, 0.15) is 29.7 Å². The number of rotatable bonds is 7. The van der Waals surface area contributed by atoms with E-state index < -0.39 is 0 Å². The second kappa shape index (κ2) is 9.96. The summed E-state index contributed by atoms with van der Waals surface area (Å²) in [5.41, 5.74) is 6.78. The monoisotopic (exact) mass is 428 g/mol. The highest BCUT2D eigenvalue weighted by Gasteiger charge is 2.25. The summed E-state index contributed by atoms with van der Waals surface area (Å²) in [6.45, 7) is 11.4. The molecule has 166 valence electrons. The highest BCUT2D eigenvalue weighted by atomic mass is 16.1. The number of hydrogen-bond donors (Lipinski definition) is 1. The Hall–Kier alpha value is -3.18. The minimum Gasteiger partial charge on any atom is -0.326 e. The Kier molecular flexibility index (Phi) is 6.86. The lowest BCUT2D eigenvalue weighted by molar-refractivity contribution is -0.121. The first-order chi connectivity index (χ1) is 15.5. The summed E-state index contributed by atoms with van der Waals surface area (Å²) in [6.07, 6.45) is 5.73.